The van der Waals surface area contributed by atoms with Crippen LogP contribution in [0.1, 0.15) is 0 Å². The Morgan fingerprint density at radius 1 is 0.375 bits per heavy atom. The van der Waals surface area contributed by atoms with E-state index in [9.17, 15) is 0 Å². The molecule has 6 aromatic carbocycles. The number of pyridine rings is 3. The number of nitrogens with zero attached hydrogens (tertiary/aromatic N) is 3. The quantitative estimate of drug-likeness (QED) is 0.105. The largest absolute Gasteiger partial charge is 1.00 e. The van der Waals surface area contributed by atoms with Gasteiger partial charge in [0.25, 0.3) is 0 Å². The lowest BCUT2D eigenvalue weighted by Gasteiger charge is -2.03. The monoisotopic (exact) mass is 647 g/mol. The minimum atomic E-state index is 0. The number of hydrogen-bond acceptors (Lipinski definition) is 6. The molecule has 236 valence electrons. The Kier molecular flexibility index (Phi) is 8.79. The lowest BCUT2D eigenvalue weighted by atomic mass is 10.1. The molecule has 0 fully saturated rings. The number of nitrogen functional groups attached to an aromatic ring is 4. The van der Waals surface area contributed by atoms with Gasteiger partial charge in [-0.2, -0.15) is 4.57 Å². The van der Waals surface area contributed by atoms with Crippen LogP contribution in [0.5, 0.6) is 0 Å². The Labute approximate surface area is 283 Å². The maximum atomic E-state index is 5.83. The summed E-state index contributed by atoms with van der Waals surface area (Å²) < 4.78 is 2.12. The van der Waals surface area contributed by atoms with Crippen molar-refractivity contribution in [1.82, 2.24) is 9.97 Å². The van der Waals surface area contributed by atoms with Gasteiger partial charge >= 0.3 is 0 Å². The fourth-order valence-corrected chi connectivity index (χ4v) is 5.82. The van der Waals surface area contributed by atoms with Gasteiger partial charge in [0.05, 0.1) is 22.1 Å². The maximum absolute atomic E-state index is 5.83. The zero-order valence-electron chi connectivity index (χ0n) is 26.3. The molecule has 48 heavy (non-hydrogen) atoms. The van der Waals surface area contributed by atoms with E-state index in [0.717, 1.165) is 66.6 Å². The molecule has 0 amide bonds. The number of nitrogens with two attached hydrogens (primary N) is 4. The van der Waals surface area contributed by atoms with Crippen molar-refractivity contribution in [2.45, 2.75) is 0 Å². The first-order valence-electron chi connectivity index (χ1n) is 15.3. The van der Waals surface area contributed by atoms with Gasteiger partial charge in [0, 0.05) is 67.2 Å². The molecule has 0 unspecified atom stereocenters. The number of hydrogen-bond donors (Lipinski definition) is 4. The Hall–Kier alpha value is -6.18. The summed E-state index contributed by atoms with van der Waals surface area (Å²) >= 11 is 0. The van der Waals surface area contributed by atoms with Crippen molar-refractivity contribution < 1.29 is 17.0 Å². The molecule has 0 aliphatic rings. The van der Waals surface area contributed by atoms with Gasteiger partial charge in [0.15, 0.2) is 0 Å². The Balaban J connectivity index is 0.000000125. The van der Waals surface area contributed by atoms with Gasteiger partial charge in [-0.1, -0.05) is 48.5 Å². The summed E-state index contributed by atoms with van der Waals surface area (Å²) in [5.74, 6) is 0. The van der Waals surface area contributed by atoms with Gasteiger partial charge in [-0.3, -0.25) is 0 Å². The van der Waals surface area contributed by atoms with E-state index in [-0.39, 0.29) is 12.4 Å². The van der Waals surface area contributed by atoms with Crippen molar-refractivity contribution in [3.05, 3.63) is 140 Å². The summed E-state index contributed by atoms with van der Waals surface area (Å²) in [5.41, 5.74) is 32.3. The van der Waals surface area contributed by atoms with E-state index in [2.05, 4.69) is 44.9 Å². The number of aryl methyl sites for hydroxylation is 1. The van der Waals surface area contributed by atoms with Crippen LogP contribution in [0.2, 0.25) is 0 Å². The Bertz CT molecular complexity index is 2380. The first kappa shape index (κ1) is 31.8. The number of rotatable bonds is 0. The van der Waals surface area contributed by atoms with E-state index >= 15 is 0 Å². The second-order valence-corrected chi connectivity index (χ2v) is 11.6. The summed E-state index contributed by atoms with van der Waals surface area (Å²) in [5, 5.41) is 6.94. The number of benzene rings is 6. The summed E-state index contributed by atoms with van der Waals surface area (Å²) in [6.07, 6.45) is 0. The fraction of sp³-hybridized carbons (Fsp3) is 0.0250. The van der Waals surface area contributed by atoms with Crippen LogP contribution in [-0.4, -0.2) is 9.97 Å². The third kappa shape index (κ3) is 6.54. The van der Waals surface area contributed by atoms with E-state index in [1.807, 2.05) is 116 Å². The maximum Gasteiger partial charge on any atom is 0.214 e. The fourth-order valence-electron chi connectivity index (χ4n) is 5.82. The average molecular weight is 648 g/mol. The van der Waals surface area contributed by atoms with Crippen LogP contribution < -0.4 is 39.9 Å². The van der Waals surface area contributed by atoms with Crippen molar-refractivity contribution in [3.8, 4) is 0 Å². The molecule has 7 nitrogen and oxygen atoms in total. The summed E-state index contributed by atoms with van der Waals surface area (Å²) in [7, 11) is 2.03. The third-order valence-corrected chi connectivity index (χ3v) is 8.23. The number of para-hydroxylation sites is 2. The molecular weight excluding hydrogens is 614 g/mol. The van der Waals surface area contributed by atoms with Crippen molar-refractivity contribution in [2.24, 2.45) is 7.05 Å². The number of halogens is 1. The first-order valence-corrected chi connectivity index (χ1v) is 15.3. The summed E-state index contributed by atoms with van der Waals surface area (Å²) in [6.45, 7) is 0. The lowest BCUT2D eigenvalue weighted by Crippen LogP contribution is -3.00. The Morgan fingerprint density at radius 2 is 0.708 bits per heavy atom. The number of anilines is 4. The minimum absolute atomic E-state index is 0. The van der Waals surface area contributed by atoms with Gasteiger partial charge in [-0.05, 0) is 78.9 Å². The van der Waals surface area contributed by atoms with Gasteiger partial charge < -0.3 is 35.3 Å². The standard InChI is InChI=1S/C14H13N3.C13H11N3.C13H9N.ClH/c1-17-13-7-11(15)4-2-9(13)6-10-3-5-12(16)8-14(10)17;14-10-3-1-8-5-9-2-4-11(15)7-13(9)16-12(8)6-10;1-3-7-12-10(5-1)9-11-6-2-4-8-13(11)14-12;/h2-8H,1H3,(H3,15,16);1-7H,14-15H2;1-9H;1H. The molecule has 8 N–H and O–H groups in total. The smallest absolute Gasteiger partial charge is 0.214 e. The highest BCUT2D eigenvalue weighted by Crippen LogP contribution is 2.24. The minimum Gasteiger partial charge on any atom is -1.00 e. The SMILES string of the molecule is C[n+]1c2cc(N)ccc2cc2ccc(N)cc21.Nc1ccc2cc3ccc(N)cc3nc2c1.[Cl-].c1ccc2nc3ccccc3cc2c1. The zero-order chi connectivity index (χ0) is 32.5. The molecule has 0 saturated heterocycles. The highest BCUT2D eigenvalue weighted by Gasteiger charge is 2.11. The average Bonchev–Trinajstić information content (AvgIpc) is 3.08. The normalized spacial score (nSPS) is 10.8. The molecule has 9 rings (SSSR count). The van der Waals surface area contributed by atoms with E-state index in [0.29, 0.717) is 0 Å². The van der Waals surface area contributed by atoms with Gasteiger partial charge in [0.2, 0.25) is 11.0 Å². The highest BCUT2D eigenvalue weighted by molar-refractivity contribution is 5.95. The molecule has 0 radical (unpaired) electrons. The van der Waals surface area contributed by atoms with Crippen molar-refractivity contribution >= 4 is 88.2 Å². The molecular formula is C40H34ClN7. The van der Waals surface area contributed by atoms with Crippen LogP contribution in [0.3, 0.4) is 0 Å². The lowest BCUT2D eigenvalue weighted by molar-refractivity contribution is -0.617. The Morgan fingerprint density at radius 3 is 1.17 bits per heavy atom. The van der Waals surface area contributed by atoms with Crippen LogP contribution in [0.25, 0.3) is 65.4 Å². The van der Waals surface area contributed by atoms with Gasteiger partial charge in [-0.25, -0.2) is 9.97 Å². The first-order chi connectivity index (χ1) is 22.8. The summed E-state index contributed by atoms with van der Waals surface area (Å²) in [6, 6.07) is 46.2. The molecule has 0 atom stereocenters. The van der Waals surface area contributed by atoms with E-state index < -0.39 is 0 Å². The van der Waals surface area contributed by atoms with E-state index in [1.54, 1.807) is 0 Å². The van der Waals surface area contributed by atoms with Crippen LogP contribution in [0.4, 0.5) is 22.7 Å². The predicted molar refractivity (Wildman–Crippen MR) is 199 cm³/mol. The highest BCUT2D eigenvalue weighted by atomic mass is 35.5. The van der Waals surface area contributed by atoms with E-state index in [4.69, 9.17) is 22.9 Å². The summed E-state index contributed by atoms with van der Waals surface area (Å²) in [4.78, 5) is 9.12. The predicted octanol–water partition coefficient (Wildman–Crippen LogP) is 4.93. The van der Waals surface area contributed by atoms with Crippen LogP contribution in [0.15, 0.2) is 140 Å². The van der Waals surface area contributed by atoms with Crippen LogP contribution in [0, 0.1) is 0 Å². The molecule has 3 aromatic heterocycles. The molecule has 0 spiro atoms. The molecule has 3 heterocycles. The molecule has 8 heteroatoms. The molecule has 0 aliphatic carbocycles. The molecule has 0 aliphatic heterocycles. The van der Waals surface area contributed by atoms with Crippen LogP contribution in [-0.2, 0) is 7.05 Å². The van der Waals surface area contributed by atoms with Gasteiger partial charge in [-0.15, -0.1) is 0 Å². The number of aromatic nitrogens is 3. The zero-order valence-corrected chi connectivity index (χ0v) is 27.1. The second kappa shape index (κ2) is 13.3. The second-order valence-electron chi connectivity index (χ2n) is 11.6. The number of fused-ring (bicyclic) bond motifs is 6. The molecule has 0 saturated carbocycles. The van der Waals surface area contributed by atoms with Gasteiger partial charge in [0.1, 0.15) is 7.05 Å². The van der Waals surface area contributed by atoms with E-state index in [1.165, 1.54) is 21.5 Å². The van der Waals surface area contributed by atoms with Crippen molar-refractivity contribution in [1.29, 1.82) is 0 Å². The molecule has 9 aromatic rings. The van der Waals surface area contributed by atoms with Crippen molar-refractivity contribution in [3.63, 3.8) is 0 Å². The topological polar surface area (TPSA) is 134 Å². The molecule has 0 bridgehead atoms. The van der Waals surface area contributed by atoms with Crippen molar-refractivity contribution in [2.75, 3.05) is 22.9 Å². The third-order valence-electron chi connectivity index (χ3n) is 8.23. The van der Waals surface area contributed by atoms with Crippen LogP contribution >= 0.6 is 0 Å².